The van der Waals surface area contributed by atoms with Gasteiger partial charge in [-0.1, -0.05) is 12.1 Å². The Kier molecular flexibility index (Phi) is 7.69. The maximum absolute atomic E-state index is 12.7. The molecule has 1 fully saturated rings. The zero-order chi connectivity index (χ0) is 22.4. The summed E-state index contributed by atoms with van der Waals surface area (Å²) < 4.78 is 32.3. The molecule has 0 aromatic heterocycles. The summed E-state index contributed by atoms with van der Waals surface area (Å²) in [4.78, 5) is 15.2. The van der Waals surface area contributed by atoms with Crippen LogP contribution in [0.1, 0.15) is 48.7 Å². The molecular formula is C23H31N3O4S. The fourth-order valence-corrected chi connectivity index (χ4v) is 5.04. The van der Waals surface area contributed by atoms with E-state index in [0.29, 0.717) is 12.1 Å². The summed E-state index contributed by atoms with van der Waals surface area (Å²) in [6.07, 6.45) is 2.31. The van der Waals surface area contributed by atoms with Gasteiger partial charge in [0.05, 0.1) is 18.0 Å². The normalized spacial score (nSPS) is 15.7. The number of nitrogens with one attached hydrogen (secondary N) is 2. The van der Waals surface area contributed by atoms with E-state index in [-0.39, 0.29) is 22.9 Å². The molecule has 1 atom stereocenters. The Morgan fingerprint density at radius 1 is 1.03 bits per heavy atom. The summed E-state index contributed by atoms with van der Waals surface area (Å²) >= 11 is 0. The van der Waals surface area contributed by atoms with E-state index in [0.717, 1.165) is 37.2 Å². The smallest absolute Gasteiger partial charge is 0.251 e. The van der Waals surface area contributed by atoms with Crippen molar-refractivity contribution in [3.8, 4) is 5.75 Å². The van der Waals surface area contributed by atoms with E-state index in [1.165, 1.54) is 12.1 Å². The SMILES string of the molecule is COc1ccc(C(CNC(=O)c2ccc(S(=O)(=O)NC(C)C)cc2)N2CCCC2)cc1. The number of hydrogen-bond donors (Lipinski definition) is 2. The molecule has 2 aromatic rings. The molecule has 1 aliphatic rings. The highest BCUT2D eigenvalue weighted by Gasteiger charge is 2.24. The Bertz CT molecular complexity index is 967. The average molecular weight is 446 g/mol. The highest BCUT2D eigenvalue weighted by atomic mass is 32.2. The molecule has 1 heterocycles. The van der Waals surface area contributed by atoms with Crippen LogP contribution in [0.2, 0.25) is 0 Å². The third-order valence-corrected chi connectivity index (χ3v) is 7.03. The minimum Gasteiger partial charge on any atom is -0.497 e. The van der Waals surface area contributed by atoms with Gasteiger partial charge in [-0.2, -0.15) is 0 Å². The number of rotatable bonds is 9. The number of hydrogen-bond acceptors (Lipinski definition) is 5. The molecule has 2 N–H and O–H groups in total. The number of ether oxygens (including phenoxy) is 1. The minimum atomic E-state index is -3.58. The van der Waals surface area contributed by atoms with Crippen LogP contribution in [-0.4, -0.2) is 52.0 Å². The molecule has 2 aromatic carbocycles. The van der Waals surface area contributed by atoms with Crippen molar-refractivity contribution in [2.24, 2.45) is 0 Å². The lowest BCUT2D eigenvalue weighted by molar-refractivity contribution is 0.0937. The van der Waals surface area contributed by atoms with Gasteiger partial charge in [-0.25, -0.2) is 13.1 Å². The van der Waals surface area contributed by atoms with E-state index in [9.17, 15) is 13.2 Å². The molecule has 1 saturated heterocycles. The largest absolute Gasteiger partial charge is 0.497 e. The van der Waals surface area contributed by atoms with Gasteiger partial charge in [0.25, 0.3) is 5.91 Å². The molecule has 1 unspecified atom stereocenters. The first kappa shape index (κ1) is 23.2. The number of amides is 1. The number of benzene rings is 2. The molecule has 0 saturated carbocycles. The summed E-state index contributed by atoms with van der Waals surface area (Å²) in [5.41, 5.74) is 1.56. The van der Waals surface area contributed by atoms with Crippen LogP contribution in [0.25, 0.3) is 0 Å². The minimum absolute atomic E-state index is 0.0762. The number of nitrogens with zero attached hydrogens (tertiary/aromatic N) is 1. The zero-order valence-electron chi connectivity index (χ0n) is 18.3. The molecule has 8 heteroatoms. The van der Waals surface area contributed by atoms with Gasteiger partial charge in [-0.3, -0.25) is 9.69 Å². The second-order valence-corrected chi connectivity index (χ2v) is 9.76. The summed E-state index contributed by atoms with van der Waals surface area (Å²) in [7, 11) is -1.94. The van der Waals surface area contributed by atoms with Crippen LogP contribution in [0.5, 0.6) is 5.75 Å². The van der Waals surface area contributed by atoms with Crippen molar-refractivity contribution in [3.05, 3.63) is 59.7 Å². The van der Waals surface area contributed by atoms with Gasteiger partial charge in [-0.05, 0) is 81.7 Å². The van der Waals surface area contributed by atoms with Gasteiger partial charge in [-0.15, -0.1) is 0 Å². The third-order valence-electron chi connectivity index (χ3n) is 5.36. The van der Waals surface area contributed by atoms with Gasteiger partial charge in [0, 0.05) is 18.2 Å². The zero-order valence-corrected chi connectivity index (χ0v) is 19.1. The molecule has 7 nitrogen and oxygen atoms in total. The van der Waals surface area contributed by atoms with Crippen molar-refractivity contribution in [3.63, 3.8) is 0 Å². The molecule has 3 rings (SSSR count). The second-order valence-electron chi connectivity index (χ2n) is 8.04. The molecule has 0 radical (unpaired) electrons. The van der Waals surface area contributed by atoms with Gasteiger partial charge in [0.15, 0.2) is 0 Å². The molecule has 1 aliphatic heterocycles. The first-order chi connectivity index (χ1) is 14.8. The van der Waals surface area contributed by atoms with E-state index in [2.05, 4.69) is 14.9 Å². The number of carbonyl (C=O) groups is 1. The van der Waals surface area contributed by atoms with E-state index in [1.54, 1.807) is 33.1 Å². The maximum atomic E-state index is 12.7. The highest BCUT2D eigenvalue weighted by molar-refractivity contribution is 7.89. The molecule has 1 amide bonds. The van der Waals surface area contributed by atoms with Crippen molar-refractivity contribution in [2.75, 3.05) is 26.7 Å². The van der Waals surface area contributed by atoms with Crippen LogP contribution in [0.3, 0.4) is 0 Å². The van der Waals surface area contributed by atoms with Crippen molar-refractivity contribution in [1.82, 2.24) is 14.9 Å². The summed E-state index contributed by atoms with van der Waals surface area (Å²) in [5.74, 6) is 0.577. The van der Waals surface area contributed by atoms with Crippen LogP contribution in [-0.2, 0) is 10.0 Å². The maximum Gasteiger partial charge on any atom is 0.251 e. The number of sulfonamides is 1. The van der Waals surface area contributed by atoms with E-state index in [4.69, 9.17) is 4.74 Å². The number of methoxy groups -OCH3 is 1. The van der Waals surface area contributed by atoms with Gasteiger partial charge >= 0.3 is 0 Å². The predicted molar refractivity (Wildman–Crippen MR) is 121 cm³/mol. The topological polar surface area (TPSA) is 87.7 Å². The summed E-state index contributed by atoms with van der Waals surface area (Å²) in [6.45, 7) is 6.00. The van der Waals surface area contributed by atoms with Crippen molar-refractivity contribution >= 4 is 15.9 Å². The average Bonchev–Trinajstić information content (AvgIpc) is 3.28. The van der Waals surface area contributed by atoms with E-state index in [1.807, 2.05) is 24.3 Å². The second kappa shape index (κ2) is 10.3. The number of carbonyl (C=O) groups excluding carboxylic acids is 1. The van der Waals surface area contributed by atoms with Crippen molar-refractivity contribution in [1.29, 1.82) is 0 Å². The third kappa shape index (κ3) is 6.06. The summed E-state index contributed by atoms with van der Waals surface area (Å²) in [6, 6.07) is 13.8. The van der Waals surface area contributed by atoms with E-state index >= 15 is 0 Å². The number of likely N-dealkylation sites (tertiary alicyclic amines) is 1. The Hall–Kier alpha value is -2.42. The van der Waals surface area contributed by atoms with Crippen LogP contribution in [0, 0.1) is 0 Å². The summed E-state index contributed by atoms with van der Waals surface area (Å²) in [5, 5.41) is 3.02. The fraction of sp³-hybridized carbons (Fsp3) is 0.435. The Morgan fingerprint density at radius 2 is 1.65 bits per heavy atom. The molecular weight excluding hydrogens is 414 g/mol. The van der Waals surface area contributed by atoms with Crippen LogP contribution < -0.4 is 14.8 Å². The lowest BCUT2D eigenvalue weighted by Crippen LogP contribution is -2.36. The van der Waals surface area contributed by atoms with Crippen molar-refractivity contribution in [2.45, 2.75) is 43.7 Å². The standard InChI is InChI=1S/C23H31N3O4S/c1-17(2)25-31(28,29)21-12-8-19(9-13-21)23(27)24-16-22(26-14-4-5-15-26)18-6-10-20(30-3)11-7-18/h6-13,17,22,25H,4-5,14-16H2,1-3H3,(H,24,27). The van der Waals surface area contributed by atoms with Crippen LogP contribution >= 0.6 is 0 Å². The molecule has 31 heavy (non-hydrogen) atoms. The molecule has 0 aliphatic carbocycles. The molecule has 0 bridgehead atoms. The Morgan fingerprint density at radius 3 is 2.19 bits per heavy atom. The van der Waals surface area contributed by atoms with Crippen molar-refractivity contribution < 1.29 is 17.9 Å². The molecule has 168 valence electrons. The Labute approximate surface area is 184 Å². The van der Waals surface area contributed by atoms with E-state index < -0.39 is 10.0 Å². The van der Waals surface area contributed by atoms with Gasteiger partial charge in [0.2, 0.25) is 10.0 Å². The first-order valence-corrected chi connectivity index (χ1v) is 12.1. The quantitative estimate of drug-likeness (QED) is 0.620. The first-order valence-electron chi connectivity index (χ1n) is 10.6. The monoisotopic (exact) mass is 445 g/mol. The van der Waals surface area contributed by atoms with Gasteiger partial charge in [0.1, 0.15) is 5.75 Å². The Balaban J connectivity index is 1.69. The highest BCUT2D eigenvalue weighted by Crippen LogP contribution is 2.26. The lowest BCUT2D eigenvalue weighted by atomic mass is 10.0. The lowest BCUT2D eigenvalue weighted by Gasteiger charge is -2.28. The molecule has 0 spiro atoms. The fourth-order valence-electron chi connectivity index (χ4n) is 3.79. The van der Waals surface area contributed by atoms with Crippen LogP contribution in [0.15, 0.2) is 53.4 Å². The predicted octanol–water partition coefficient (Wildman–Crippen LogP) is 2.95. The van der Waals surface area contributed by atoms with Crippen LogP contribution in [0.4, 0.5) is 0 Å². The van der Waals surface area contributed by atoms with Gasteiger partial charge < -0.3 is 10.1 Å².